The molecule has 1 saturated heterocycles. The summed E-state index contributed by atoms with van der Waals surface area (Å²) in [4.78, 5) is 2.41. The first kappa shape index (κ1) is 11.9. The van der Waals surface area contributed by atoms with E-state index in [4.69, 9.17) is 5.73 Å². The van der Waals surface area contributed by atoms with E-state index in [9.17, 15) is 0 Å². The van der Waals surface area contributed by atoms with Crippen LogP contribution in [0.15, 0.2) is 0 Å². The van der Waals surface area contributed by atoms with Crippen molar-refractivity contribution in [1.29, 1.82) is 0 Å². The van der Waals surface area contributed by atoms with E-state index in [1.807, 2.05) is 13.8 Å². The monoisotopic (exact) mass is 172 g/mol. The lowest BCUT2D eigenvalue weighted by atomic mass is 9.95. The zero-order chi connectivity index (χ0) is 9.40. The number of likely N-dealkylation sites (tertiary alicyclic amines) is 1. The molecule has 12 heavy (non-hydrogen) atoms. The van der Waals surface area contributed by atoms with E-state index < -0.39 is 0 Å². The van der Waals surface area contributed by atoms with Crippen LogP contribution in [0.1, 0.15) is 33.1 Å². The molecule has 0 saturated carbocycles. The minimum Gasteiger partial charge on any atom is -0.330 e. The molecular weight excluding hydrogens is 148 g/mol. The van der Waals surface area contributed by atoms with Crippen molar-refractivity contribution in [2.45, 2.75) is 33.1 Å². The lowest BCUT2D eigenvalue weighted by Gasteiger charge is -2.29. The summed E-state index contributed by atoms with van der Waals surface area (Å²) in [5.74, 6) is 0.878. The van der Waals surface area contributed by atoms with Crippen LogP contribution < -0.4 is 5.73 Å². The topological polar surface area (TPSA) is 29.3 Å². The van der Waals surface area contributed by atoms with Gasteiger partial charge in [-0.3, -0.25) is 0 Å². The highest BCUT2D eigenvalue weighted by Crippen LogP contribution is 2.16. The fourth-order valence-electron chi connectivity index (χ4n) is 1.74. The fraction of sp³-hybridized carbons (Fsp3) is 1.00. The predicted octanol–water partition coefficient (Wildman–Crippen LogP) is 1.70. The standard InChI is InChI=1S/C8H18N2.C2H6/c1-10-6-2-3-8(7-10)4-5-9;1-2/h8H,2-7,9H2,1H3;1-2H3. The van der Waals surface area contributed by atoms with Gasteiger partial charge in [0, 0.05) is 6.54 Å². The van der Waals surface area contributed by atoms with E-state index in [1.165, 1.54) is 32.4 Å². The molecule has 2 heteroatoms. The summed E-state index contributed by atoms with van der Waals surface area (Å²) >= 11 is 0. The van der Waals surface area contributed by atoms with E-state index in [2.05, 4.69) is 11.9 Å². The van der Waals surface area contributed by atoms with Crippen molar-refractivity contribution in [3.63, 3.8) is 0 Å². The van der Waals surface area contributed by atoms with Gasteiger partial charge in [0.25, 0.3) is 0 Å². The van der Waals surface area contributed by atoms with Crippen molar-refractivity contribution in [2.24, 2.45) is 11.7 Å². The Bertz CT molecular complexity index is 91.8. The van der Waals surface area contributed by atoms with Gasteiger partial charge >= 0.3 is 0 Å². The maximum Gasteiger partial charge on any atom is 0.000709 e. The Kier molecular flexibility index (Phi) is 7.51. The van der Waals surface area contributed by atoms with Gasteiger partial charge in [-0.15, -0.1) is 0 Å². The van der Waals surface area contributed by atoms with Gasteiger partial charge in [0.2, 0.25) is 0 Å². The molecule has 1 atom stereocenters. The third-order valence-electron chi connectivity index (χ3n) is 2.30. The first-order chi connectivity index (χ1) is 5.83. The highest BCUT2D eigenvalue weighted by molar-refractivity contribution is 4.70. The van der Waals surface area contributed by atoms with Crippen molar-refractivity contribution in [3.8, 4) is 0 Å². The van der Waals surface area contributed by atoms with E-state index >= 15 is 0 Å². The number of nitrogens with two attached hydrogens (primary N) is 1. The zero-order valence-electron chi connectivity index (χ0n) is 8.84. The lowest BCUT2D eigenvalue weighted by molar-refractivity contribution is 0.204. The summed E-state index contributed by atoms with van der Waals surface area (Å²) < 4.78 is 0. The third-order valence-corrected chi connectivity index (χ3v) is 2.30. The van der Waals surface area contributed by atoms with Gasteiger partial charge < -0.3 is 10.6 Å². The number of nitrogens with zero attached hydrogens (tertiary/aromatic N) is 1. The van der Waals surface area contributed by atoms with E-state index in [1.54, 1.807) is 0 Å². The van der Waals surface area contributed by atoms with Crippen LogP contribution in [0.5, 0.6) is 0 Å². The first-order valence-corrected chi connectivity index (χ1v) is 5.21. The van der Waals surface area contributed by atoms with Crippen molar-refractivity contribution >= 4 is 0 Å². The molecule has 1 unspecified atom stereocenters. The SMILES string of the molecule is CC.CN1CCCC(CCN)C1. The van der Waals surface area contributed by atoms with Crippen LogP contribution in [0, 0.1) is 5.92 Å². The Balaban J connectivity index is 0.000000561. The number of rotatable bonds is 2. The van der Waals surface area contributed by atoms with Gasteiger partial charge in [-0.05, 0) is 45.3 Å². The second-order valence-corrected chi connectivity index (χ2v) is 3.35. The minimum atomic E-state index is 0.860. The number of hydrogen-bond donors (Lipinski definition) is 1. The Morgan fingerprint density at radius 2 is 2.08 bits per heavy atom. The molecule has 2 nitrogen and oxygen atoms in total. The maximum atomic E-state index is 5.49. The number of hydrogen-bond acceptors (Lipinski definition) is 2. The summed E-state index contributed by atoms with van der Waals surface area (Å²) in [5.41, 5.74) is 5.49. The minimum absolute atomic E-state index is 0.860. The van der Waals surface area contributed by atoms with E-state index in [0.29, 0.717) is 0 Å². The van der Waals surface area contributed by atoms with Crippen molar-refractivity contribution < 1.29 is 0 Å². The first-order valence-electron chi connectivity index (χ1n) is 5.21. The van der Waals surface area contributed by atoms with Gasteiger partial charge in [0.15, 0.2) is 0 Å². The van der Waals surface area contributed by atoms with Gasteiger partial charge in [0.1, 0.15) is 0 Å². The molecule has 1 rings (SSSR count). The average Bonchev–Trinajstić information content (AvgIpc) is 2.09. The van der Waals surface area contributed by atoms with Crippen molar-refractivity contribution in [3.05, 3.63) is 0 Å². The average molecular weight is 172 g/mol. The smallest absolute Gasteiger partial charge is 0.000709 e. The molecule has 0 aromatic carbocycles. The summed E-state index contributed by atoms with van der Waals surface area (Å²) in [6.07, 6.45) is 3.97. The zero-order valence-corrected chi connectivity index (χ0v) is 8.84. The molecule has 0 aromatic heterocycles. The number of piperidine rings is 1. The third kappa shape index (κ3) is 4.73. The van der Waals surface area contributed by atoms with Gasteiger partial charge in [-0.2, -0.15) is 0 Å². The van der Waals surface area contributed by atoms with E-state index in [-0.39, 0.29) is 0 Å². The summed E-state index contributed by atoms with van der Waals surface area (Å²) in [5, 5.41) is 0. The summed E-state index contributed by atoms with van der Waals surface area (Å²) in [6.45, 7) is 7.40. The highest BCUT2D eigenvalue weighted by atomic mass is 15.1. The van der Waals surface area contributed by atoms with Crippen molar-refractivity contribution in [2.75, 3.05) is 26.7 Å². The normalized spacial score (nSPS) is 24.5. The molecule has 0 amide bonds. The van der Waals surface area contributed by atoms with Crippen LogP contribution in [0.2, 0.25) is 0 Å². The molecule has 2 N–H and O–H groups in total. The predicted molar refractivity (Wildman–Crippen MR) is 55.2 cm³/mol. The molecule has 0 aromatic rings. The summed E-state index contributed by atoms with van der Waals surface area (Å²) in [6, 6.07) is 0. The summed E-state index contributed by atoms with van der Waals surface area (Å²) in [7, 11) is 2.20. The lowest BCUT2D eigenvalue weighted by Crippen LogP contribution is -2.32. The van der Waals surface area contributed by atoms with Crippen LogP contribution in [0.4, 0.5) is 0 Å². The molecule has 0 aliphatic carbocycles. The van der Waals surface area contributed by atoms with Crippen LogP contribution in [-0.2, 0) is 0 Å². The largest absolute Gasteiger partial charge is 0.330 e. The molecule has 0 radical (unpaired) electrons. The second kappa shape index (κ2) is 7.56. The van der Waals surface area contributed by atoms with E-state index in [0.717, 1.165) is 12.5 Å². The highest BCUT2D eigenvalue weighted by Gasteiger charge is 2.15. The van der Waals surface area contributed by atoms with Crippen LogP contribution in [-0.4, -0.2) is 31.6 Å². The van der Waals surface area contributed by atoms with Crippen LogP contribution in [0.25, 0.3) is 0 Å². The Morgan fingerprint density at radius 3 is 2.58 bits per heavy atom. The molecule has 0 spiro atoms. The van der Waals surface area contributed by atoms with Crippen molar-refractivity contribution in [1.82, 2.24) is 4.90 Å². The molecular formula is C10H24N2. The van der Waals surface area contributed by atoms with Crippen LogP contribution in [0.3, 0.4) is 0 Å². The van der Waals surface area contributed by atoms with Crippen LogP contribution >= 0.6 is 0 Å². The molecule has 0 bridgehead atoms. The molecule has 1 aliphatic heterocycles. The Hall–Kier alpha value is -0.0800. The Morgan fingerprint density at radius 1 is 1.42 bits per heavy atom. The molecule has 74 valence electrons. The van der Waals surface area contributed by atoms with Gasteiger partial charge in [-0.25, -0.2) is 0 Å². The molecule has 1 aliphatic rings. The van der Waals surface area contributed by atoms with Gasteiger partial charge in [0.05, 0.1) is 0 Å². The maximum absolute atomic E-state index is 5.49. The molecule has 1 heterocycles. The fourth-order valence-corrected chi connectivity index (χ4v) is 1.74. The van der Waals surface area contributed by atoms with Gasteiger partial charge in [-0.1, -0.05) is 13.8 Å². The molecule has 1 fully saturated rings. The second-order valence-electron chi connectivity index (χ2n) is 3.35. The quantitative estimate of drug-likeness (QED) is 0.687. The Labute approximate surface area is 77.1 Å².